The standard InChI is InChI=1S/C22H24N2O2/c1-25-21-8-7-17-14-19(6-5-18(17)15-21)22-16-24(12-13-26-22)11-9-20-4-2-3-10-23-20/h2-8,10,14-15,22H,9,11-13,16H2,1H3/t22-/m0/s1. The summed E-state index contributed by atoms with van der Waals surface area (Å²) >= 11 is 0. The summed E-state index contributed by atoms with van der Waals surface area (Å²) in [5.74, 6) is 0.889. The molecule has 26 heavy (non-hydrogen) atoms. The van der Waals surface area contributed by atoms with Gasteiger partial charge in [0.05, 0.1) is 19.8 Å². The second-order valence-electron chi connectivity index (χ2n) is 6.70. The molecule has 1 atom stereocenters. The maximum Gasteiger partial charge on any atom is 0.119 e. The van der Waals surface area contributed by atoms with E-state index in [0.29, 0.717) is 0 Å². The largest absolute Gasteiger partial charge is 0.497 e. The van der Waals surface area contributed by atoms with E-state index in [-0.39, 0.29) is 6.10 Å². The van der Waals surface area contributed by atoms with E-state index in [1.165, 1.54) is 16.3 Å². The molecule has 1 aliphatic rings. The Morgan fingerprint density at radius 1 is 1.12 bits per heavy atom. The van der Waals surface area contributed by atoms with Crippen molar-refractivity contribution in [3.05, 3.63) is 72.1 Å². The van der Waals surface area contributed by atoms with Crippen LogP contribution in [0.2, 0.25) is 0 Å². The summed E-state index contributed by atoms with van der Waals surface area (Å²) in [7, 11) is 1.70. The van der Waals surface area contributed by atoms with Crippen molar-refractivity contribution in [2.75, 3.05) is 33.4 Å². The lowest BCUT2D eigenvalue weighted by Crippen LogP contribution is -2.39. The van der Waals surface area contributed by atoms with Gasteiger partial charge in [-0.05, 0) is 46.7 Å². The Hall–Kier alpha value is -2.43. The van der Waals surface area contributed by atoms with Crippen LogP contribution in [0, 0.1) is 0 Å². The summed E-state index contributed by atoms with van der Waals surface area (Å²) in [6.45, 7) is 3.69. The third-order valence-corrected chi connectivity index (χ3v) is 5.00. The SMILES string of the molecule is COc1ccc2cc([C@@H]3CN(CCc4ccccn4)CCO3)ccc2c1. The number of ether oxygens (including phenoxy) is 2. The number of hydrogen-bond donors (Lipinski definition) is 0. The maximum absolute atomic E-state index is 6.06. The van der Waals surface area contributed by atoms with Crippen LogP contribution in [-0.4, -0.2) is 43.2 Å². The quantitative estimate of drug-likeness (QED) is 0.701. The number of pyridine rings is 1. The molecule has 4 heteroatoms. The normalized spacial score (nSPS) is 18.1. The van der Waals surface area contributed by atoms with E-state index in [1.807, 2.05) is 18.3 Å². The molecule has 0 spiro atoms. The van der Waals surface area contributed by atoms with Crippen LogP contribution >= 0.6 is 0 Å². The molecule has 0 bridgehead atoms. The fourth-order valence-electron chi connectivity index (χ4n) is 3.50. The Morgan fingerprint density at radius 2 is 2.00 bits per heavy atom. The molecule has 0 saturated carbocycles. The van der Waals surface area contributed by atoms with Gasteiger partial charge in [0, 0.05) is 37.9 Å². The van der Waals surface area contributed by atoms with Gasteiger partial charge in [0.15, 0.2) is 0 Å². The van der Waals surface area contributed by atoms with Crippen molar-refractivity contribution in [1.82, 2.24) is 9.88 Å². The third-order valence-electron chi connectivity index (χ3n) is 5.00. The van der Waals surface area contributed by atoms with Gasteiger partial charge < -0.3 is 9.47 Å². The molecule has 0 N–H and O–H groups in total. The molecule has 4 nitrogen and oxygen atoms in total. The van der Waals surface area contributed by atoms with E-state index in [2.05, 4.69) is 52.3 Å². The number of methoxy groups -OCH3 is 1. The molecular formula is C22H24N2O2. The van der Waals surface area contributed by atoms with Crippen LogP contribution in [0.25, 0.3) is 10.8 Å². The van der Waals surface area contributed by atoms with Crippen molar-refractivity contribution in [3.8, 4) is 5.75 Å². The maximum atomic E-state index is 6.06. The molecule has 2 heterocycles. The molecular weight excluding hydrogens is 324 g/mol. The highest BCUT2D eigenvalue weighted by molar-refractivity contribution is 5.84. The number of nitrogens with zero attached hydrogens (tertiary/aromatic N) is 2. The number of benzene rings is 2. The highest BCUT2D eigenvalue weighted by Crippen LogP contribution is 2.27. The minimum absolute atomic E-state index is 0.124. The first-order valence-electron chi connectivity index (χ1n) is 9.13. The topological polar surface area (TPSA) is 34.6 Å². The van der Waals surface area contributed by atoms with Gasteiger partial charge in [0.25, 0.3) is 0 Å². The van der Waals surface area contributed by atoms with Crippen molar-refractivity contribution in [2.24, 2.45) is 0 Å². The third kappa shape index (κ3) is 3.87. The fraction of sp³-hybridized carbons (Fsp3) is 0.318. The molecule has 0 unspecified atom stereocenters. The zero-order valence-electron chi connectivity index (χ0n) is 15.1. The summed E-state index contributed by atoms with van der Waals surface area (Å²) in [6, 6.07) is 18.9. The van der Waals surface area contributed by atoms with Crippen molar-refractivity contribution < 1.29 is 9.47 Å². The van der Waals surface area contributed by atoms with E-state index >= 15 is 0 Å². The van der Waals surface area contributed by atoms with Gasteiger partial charge in [-0.1, -0.05) is 24.3 Å². The molecule has 1 saturated heterocycles. The Balaban J connectivity index is 1.44. The Labute approximate surface area is 154 Å². The lowest BCUT2D eigenvalue weighted by atomic mass is 10.0. The van der Waals surface area contributed by atoms with Gasteiger partial charge >= 0.3 is 0 Å². The lowest BCUT2D eigenvalue weighted by molar-refractivity contribution is -0.0295. The highest BCUT2D eigenvalue weighted by Gasteiger charge is 2.22. The van der Waals surface area contributed by atoms with Crippen molar-refractivity contribution in [1.29, 1.82) is 0 Å². The molecule has 1 aliphatic heterocycles. The van der Waals surface area contributed by atoms with Crippen LogP contribution in [-0.2, 0) is 11.2 Å². The number of rotatable bonds is 5. The smallest absolute Gasteiger partial charge is 0.119 e. The van der Waals surface area contributed by atoms with Gasteiger partial charge in [-0.3, -0.25) is 9.88 Å². The Bertz CT molecular complexity index is 866. The van der Waals surface area contributed by atoms with E-state index < -0.39 is 0 Å². The average molecular weight is 348 g/mol. The predicted molar refractivity (Wildman–Crippen MR) is 104 cm³/mol. The summed E-state index contributed by atoms with van der Waals surface area (Å²) < 4.78 is 11.4. The zero-order chi connectivity index (χ0) is 17.8. The molecule has 3 aromatic rings. The van der Waals surface area contributed by atoms with Gasteiger partial charge in [0.2, 0.25) is 0 Å². The van der Waals surface area contributed by atoms with Crippen LogP contribution in [0.1, 0.15) is 17.4 Å². The first-order chi connectivity index (χ1) is 12.8. The molecule has 1 aromatic heterocycles. The number of fused-ring (bicyclic) bond motifs is 1. The Morgan fingerprint density at radius 3 is 2.85 bits per heavy atom. The predicted octanol–water partition coefficient (Wildman–Crippen LogP) is 3.86. The van der Waals surface area contributed by atoms with Crippen molar-refractivity contribution in [2.45, 2.75) is 12.5 Å². The minimum atomic E-state index is 0.124. The second-order valence-corrected chi connectivity index (χ2v) is 6.70. The first kappa shape index (κ1) is 17.0. The molecule has 0 amide bonds. The van der Waals surface area contributed by atoms with Crippen molar-refractivity contribution >= 4 is 10.8 Å². The monoisotopic (exact) mass is 348 g/mol. The number of aromatic nitrogens is 1. The van der Waals surface area contributed by atoms with Crippen LogP contribution < -0.4 is 4.74 Å². The van der Waals surface area contributed by atoms with Crippen LogP contribution in [0.3, 0.4) is 0 Å². The molecule has 0 aliphatic carbocycles. The van der Waals surface area contributed by atoms with E-state index in [0.717, 1.165) is 44.1 Å². The first-order valence-corrected chi connectivity index (χ1v) is 9.13. The summed E-state index contributed by atoms with van der Waals surface area (Å²) in [4.78, 5) is 6.89. The lowest BCUT2D eigenvalue weighted by Gasteiger charge is -2.33. The highest BCUT2D eigenvalue weighted by atomic mass is 16.5. The van der Waals surface area contributed by atoms with Crippen LogP contribution in [0.15, 0.2) is 60.8 Å². The van der Waals surface area contributed by atoms with Gasteiger partial charge in [-0.2, -0.15) is 0 Å². The zero-order valence-corrected chi connectivity index (χ0v) is 15.1. The molecule has 134 valence electrons. The average Bonchev–Trinajstić information content (AvgIpc) is 2.72. The molecule has 2 aromatic carbocycles. The molecule has 4 rings (SSSR count). The fourth-order valence-corrected chi connectivity index (χ4v) is 3.50. The molecule has 1 fully saturated rings. The van der Waals surface area contributed by atoms with E-state index in [1.54, 1.807) is 7.11 Å². The summed E-state index contributed by atoms with van der Waals surface area (Å²) in [5.41, 5.74) is 2.39. The Kier molecular flexibility index (Phi) is 5.14. The summed E-state index contributed by atoms with van der Waals surface area (Å²) in [6.07, 6.45) is 2.96. The van der Waals surface area contributed by atoms with Crippen molar-refractivity contribution in [3.63, 3.8) is 0 Å². The second kappa shape index (κ2) is 7.85. The van der Waals surface area contributed by atoms with Crippen LogP contribution in [0.4, 0.5) is 0 Å². The van der Waals surface area contributed by atoms with E-state index in [9.17, 15) is 0 Å². The van der Waals surface area contributed by atoms with E-state index in [4.69, 9.17) is 9.47 Å². The summed E-state index contributed by atoms with van der Waals surface area (Å²) in [5, 5.41) is 2.41. The van der Waals surface area contributed by atoms with Gasteiger partial charge in [0.1, 0.15) is 5.75 Å². The van der Waals surface area contributed by atoms with Gasteiger partial charge in [-0.25, -0.2) is 0 Å². The van der Waals surface area contributed by atoms with Gasteiger partial charge in [-0.15, -0.1) is 0 Å². The number of hydrogen-bond acceptors (Lipinski definition) is 4. The minimum Gasteiger partial charge on any atom is -0.497 e. The van der Waals surface area contributed by atoms with Crippen LogP contribution in [0.5, 0.6) is 5.75 Å². The number of morpholine rings is 1. The molecule has 0 radical (unpaired) electrons.